The van der Waals surface area contributed by atoms with Crippen LogP contribution in [0.5, 0.6) is 0 Å². The smallest absolute Gasteiger partial charge is 0.242 e. The minimum atomic E-state index is -3.73. The summed E-state index contributed by atoms with van der Waals surface area (Å²) in [4.78, 5) is -0.0636. The number of sulfonamides is 1. The van der Waals surface area contributed by atoms with Crippen LogP contribution in [-0.2, 0) is 10.0 Å². The van der Waals surface area contributed by atoms with Gasteiger partial charge in [0.1, 0.15) is 4.90 Å². The predicted octanol–water partition coefficient (Wildman–Crippen LogP) is 0.190. The average Bonchev–Trinajstić information content (AvgIpc) is 2.27. The largest absolute Gasteiger partial charge is 0.398 e. The van der Waals surface area contributed by atoms with Crippen LogP contribution in [0.3, 0.4) is 0 Å². The fourth-order valence-electron chi connectivity index (χ4n) is 1.44. The number of benzene rings is 1. The zero-order valence-electron chi connectivity index (χ0n) is 9.92. The molecule has 1 unspecified atom stereocenters. The summed E-state index contributed by atoms with van der Waals surface area (Å²) in [5.74, 6) is 0. The number of nitriles is 1. The highest BCUT2D eigenvalue weighted by atomic mass is 32.2. The van der Waals surface area contributed by atoms with Crippen molar-refractivity contribution in [2.75, 3.05) is 12.3 Å². The van der Waals surface area contributed by atoms with Crippen LogP contribution in [0.25, 0.3) is 0 Å². The van der Waals surface area contributed by atoms with Crippen molar-refractivity contribution in [3.05, 3.63) is 23.8 Å². The summed E-state index contributed by atoms with van der Waals surface area (Å²) in [5, 5.41) is 17.4. The highest BCUT2D eigenvalue weighted by Crippen LogP contribution is 2.19. The average molecular weight is 269 g/mol. The van der Waals surface area contributed by atoms with Gasteiger partial charge in [0.15, 0.2) is 0 Å². The number of nitrogen functional groups attached to an aromatic ring is 1. The van der Waals surface area contributed by atoms with E-state index in [-0.39, 0.29) is 17.2 Å². The van der Waals surface area contributed by atoms with Crippen molar-refractivity contribution in [2.24, 2.45) is 0 Å². The number of aliphatic hydroxyl groups is 1. The Bertz CT molecular complexity index is 563. The maximum atomic E-state index is 12.0. The van der Waals surface area contributed by atoms with Crippen LogP contribution < -0.4 is 10.5 Å². The van der Waals surface area contributed by atoms with Gasteiger partial charge < -0.3 is 10.8 Å². The molecule has 0 bridgehead atoms. The van der Waals surface area contributed by atoms with Crippen LogP contribution in [0.4, 0.5) is 5.69 Å². The molecule has 1 aromatic rings. The van der Waals surface area contributed by atoms with E-state index < -0.39 is 16.1 Å². The molecule has 18 heavy (non-hydrogen) atoms. The lowest BCUT2D eigenvalue weighted by molar-refractivity contribution is 0.275. The molecule has 4 N–H and O–H groups in total. The summed E-state index contributed by atoms with van der Waals surface area (Å²) in [6, 6.07) is 5.48. The Morgan fingerprint density at radius 2 is 2.22 bits per heavy atom. The minimum absolute atomic E-state index is 0.0257. The number of anilines is 1. The monoisotopic (exact) mass is 269 g/mol. The fraction of sp³-hybridized carbons (Fsp3) is 0.364. The third-order valence-corrected chi connectivity index (χ3v) is 4.01. The van der Waals surface area contributed by atoms with Gasteiger partial charge >= 0.3 is 0 Å². The predicted molar refractivity (Wildman–Crippen MR) is 67.1 cm³/mol. The number of aliphatic hydroxyl groups excluding tert-OH is 1. The van der Waals surface area contributed by atoms with Crippen LogP contribution in [-0.4, -0.2) is 26.2 Å². The zero-order chi connectivity index (χ0) is 13.8. The zero-order valence-corrected chi connectivity index (χ0v) is 10.7. The molecule has 1 atom stereocenters. The second kappa shape index (κ2) is 5.82. The molecule has 0 radical (unpaired) electrons. The Morgan fingerprint density at radius 1 is 1.56 bits per heavy atom. The van der Waals surface area contributed by atoms with Gasteiger partial charge in [0.05, 0.1) is 17.3 Å². The molecule has 0 aromatic heterocycles. The number of hydrogen-bond donors (Lipinski definition) is 3. The molecule has 98 valence electrons. The number of nitrogens with zero attached hydrogens (tertiary/aromatic N) is 1. The van der Waals surface area contributed by atoms with E-state index in [0.717, 1.165) is 0 Å². The van der Waals surface area contributed by atoms with Gasteiger partial charge in [-0.3, -0.25) is 0 Å². The molecular weight excluding hydrogens is 254 g/mol. The molecule has 0 aliphatic rings. The van der Waals surface area contributed by atoms with Crippen molar-refractivity contribution in [2.45, 2.75) is 24.3 Å². The molecule has 7 heteroatoms. The number of nitrogens with one attached hydrogen (secondary N) is 1. The molecule has 0 heterocycles. The minimum Gasteiger partial charge on any atom is -0.398 e. The third kappa shape index (κ3) is 3.43. The quantitative estimate of drug-likeness (QED) is 0.660. The summed E-state index contributed by atoms with van der Waals surface area (Å²) in [5.41, 5.74) is 5.94. The normalized spacial score (nSPS) is 12.9. The van der Waals surface area contributed by atoms with Gasteiger partial charge in [0, 0.05) is 12.6 Å². The van der Waals surface area contributed by atoms with Gasteiger partial charge in [-0.2, -0.15) is 5.26 Å². The molecule has 1 aromatic carbocycles. The Labute approximate surface area is 106 Å². The first-order chi connectivity index (χ1) is 8.40. The maximum absolute atomic E-state index is 12.0. The standard InChI is InChI=1S/C11H15N3O3S/c1-8(4-5-15)14-18(16,17)11-3-2-9(7-12)6-10(11)13/h2-3,6,8,14-15H,4-5,13H2,1H3. The lowest BCUT2D eigenvalue weighted by Crippen LogP contribution is -2.33. The highest BCUT2D eigenvalue weighted by molar-refractivity contribution is 7.89. The van der Waals surface area contributed by atoms with E-state index >= 15 is 0 Å². The molecule has 0 aliphatic carbocycles. The summed E-state index contributed by atoms with van der Waals surface area (Å²) in [6.45, 7) is 1.54. The van der Waals surface area contributed by atoms with Gasteiger partial charge in [0.25, 0.3) is 0 Å². The Balaban J connectivity index is 3.03. The summed E-state index contributed by atoms with van der Waals surface area (Å²) < 4.78 is 26.4. The number of nitrogens with two attached hydrogens (primary N) is 1. The molecular formula is C11H15N3O3S. The van der Waals surface area contributed by atoms with E-state index in [9.17, 15) is 8.42 Å². The molecule has 0 aliphatic heterocycles. The lowest BCUT2D eigenvalue weighted by Gasteiger charge is -2.14. The molecule has 1 rings (SSSR count). The number of hydrogen-bond acceptors (Lipinski definition) is 5. The van der Waals surface area contributed by atoms with Crippen LogP contribution >= 0.6 is 0 Å². The molecule has 0 saturated carbocycles. The first kappa shape index (κ1) is 14.4. The van der Waals surface area contributed by atoms with Crippen molar-refractivity contribution < 1.29 is 13.5 Å². The highest BCUT2D eigenvalue weighted by Gasteiger charge is 2.19. The van der Waals surface area contributed by atoms with Crippen LogP contribution in [0.1, 0.15) is 18.9 Å². The maximum Gasteiger partial charge on any atom is 0.242 e. The van der Waals surface area contributed by atoms with E-state index in [1.54, 1.807) is 6.92 Å². The SMILES string of the molecule is CC(CCO)NS(=O)(=O)c1ccc(C#N)cc1N. The van der Waals surface area contributed by atoms with Crippen molar-refractivity contribution >= 4 is 15.7 Å². The van der Waals surface area contributed by atoms with Gasteiger partial charge in [-0.05, 0) is 31.5 Å². The number of rotatable bonds is 5. The summed E-state index contributed by atoms with van der Waals surface area (Å²) in [6.07, 6.45) is 0.315. The molecule has 0 spiro atoms. The molecule has 0 fully saturated rings. The third-order valence-electron chi connectivity index (χ3n) is 2.35. The van der Waals surface area contributed by atoms with E-state index in [0.29, 0.717) is 12.0 Å². The van der Waals surface area contributed by atoms with Crippen molar-refractivity contribution in [1.29, 1.82) is 5.26 Å². The van der Waals surface area contributed by atoms with Gasteiger partial charge in [-0.25, -0.2) is 13.1 Å². The Hall–Kier alpha value is -1.62. The van der Waals surface area contributed by atoms with E-state index in [1.165, 1.54) is 18.2 Å². The van der Waals surface area contributed by atoms with Crippen molar-refractivity contribution in [3.8, 4) is 6.07 Å². The van der Waals surface area contributed by atoms with Crippen LogP contribution in [0.2, 0.25) is 0 Å². The van der Waals surface area contributed by atoms with Gasteiger partial charge in [-0.15, -0.1) is 0 Å². The molecule has 6 nitrogen and oxygen atoms in total. The molecule has 0 amide bonds. The summed E-state index contributed by atoms with van der Waals surface area (Å²) in [7, 11) is -3.73. The van der Waals surface area contributed by atoms with Gasteiger partial charge in [-0.1, -0.05) is 0 Å². The topological polar surface area (TPSA) is 116 Å². The Morgan fingerprint density at radius 3 is 2.72 bits per heavy atom. The van der Waals surface area contributed by atoms with Crippen molar-refractivity contribution in [3.63, 3.8) is 0 Å². The van der Waals surface area contributed by atoms with Crippen LogP contribution in [0, 0.1) is 11.3 Å². The first-order valence-corrected chi connectivity index (χ1v) is 6.82. The van der Waals surface area contributed by atoms with Crippen LogP contribution in [0.15, 0.2) is 23.1 Å². The second-order valence-electron chi connectivity index (χ2n) is 3.90. The Kier molecular flexibility index (Phi) is 4.67. The van der Waals surface area contributed by atoms with E-state index in [2.05, 4.69) is 4.72 Å². The van der Waals surface area contributed by atoms with E-state index in [1.807, 2.05) is 6.07 Å². The first-order valence-electron chi connectivity index (χ1n) is 5.33. The lowest BCUT2D eigenvalue weighted by atomic mass is 10.2. The van der Waals surface area contributed by atoms with Crippen molar-refractivity contribution in [1.82, 2.24) is 4.72 Å². The summed E-state index contributed by atoms with van der Waals surface area (Å²) >= 11 is 0. The second-order valence-corrected chi connectivity index (χ2v) is 5.58. The van der Waals surface area contributed by atoms with E-state index in [4.69, 9.17) is 16.1 Å². The molecule has 0 saturated heterocycles. The van der Waals surface area contributed by atoms with Gasteiger partial charge in [0.2, 0.25) is 10.0 Å². The fourth-order valence-corrected chi connectivity index (χ4v) is 2.83.